The van der Waals surface area contributed by atoms with Crippen LogP contribution < -0.4 is 22.9 Å². The summed E-state index contributed by atoms with van der Waals surface area (Å²) in [7, 11) is 0. The van der Waals surface area contributed by atoms with Gasteiger partial charge in [0.15, 0.2) is 0 Å². The van der Waals surface area contributed by atoms with E-state index in [4.69, 9.17) is 20.4 Å². The number of hydrogen-bond donors (Lipinski definition) is 8. The fraction of sp³-hybridized carbons (Fsp3) is 0. The van der Waals surface area contributed by atoms with Crippen LogP contribution in [0.25, 0.3) is 0 Å². The van der Waals surface area contributed by atoms with Crippen LogP contribution in [0.5, 0.6) is 0 Å². The van der Waals surface area contributed by atoms with E-state index in [1.54, 1.807) is 0 Å². The second-order valence-corrected chi connectivity index (χ2v) is 3.03. The van der Waals surface area contributed by atoms with Crippen molar-refractivity contribution in [3.8, 4) is 0 Å². The Morgan fingerprint density at radius 2 is 0.529 bits per heavy atom. The third kappa shape index (κ3) is 51800. The summed E-state index contributed by atoms with van der Waals surface area (Å²) in [6, 6.07) is 0. The zero-order valence-electron chi connectivity index (χ0n) is 7.73. The normalized spacial score (nSPS) is 5.65. The molecular weight excluding hydrogens is 319 g/mol. The minimum atomic E-state index is -0.500. The second-order valence-electron chi connectivity index (χ2n) is 1.35. The fourth-order valence-electron chi connectivity index (χ4n) is 0. The molecule has 0 bridgehead atoms. The molecule has 0 aromatic rings. The van der Waals surface area contributed by atoms with Gasteiger partial charge in [0.2, 0.25) is 0 Å². The summed E-state index contributed by atoms with van der Waals surface area (Å²) in [6.45, 7) is 0. The predicted molar refractivity (Wildman–Crippen MR) is 84.8 cm³/mol. The molecule has 0 amide bonds. The van der Waals surface area contributed by atoms with E-state index >= 15 is 0 Å². The van der Waals surface area contributed by atoms with Gasteiger partial charge in [0.1, 0.15) is 0 Å². The molecule has 0 spiro atoms. The summed E-state index contributed by atoms with van der Waals surface area (Å²) in [6.07, 6.45) is 0. The Labute approximate surface area is 141 Å². The third-order valence-corrected chi connectivity index (χ3v) is 0. The topological polar surface area (TPSA) is 185 Å². The standard InChI is InChI=1S/4CH3NOS.Na.H/c4*2-1(3)4;;/h4*(H3,2,3,4);;. The molecular formula is C4H13N4NaO4S4. The van der Waals surface area contributed by atoms with Crippen molar-refractivity contribution in [3.05, 3.63) is 0 Å². The minimum absolute atomic E-state index is 0. The van der Waals surface area contributed by atoms with Crippen LogP contribution in [0, 0.1) is 0 Å². The van der Waals surface area contributed by atoms with Crippen molar-refractivity contribution in [1.82, 2.24) is 0 Å². The number of nitrogens with two attached hydrogens (primary N) is 4. The predicted octanol–water partition coefficient (Wildman–Crippen LogP) is -1.50. The Hall–Kier alpha value is -0.240. The van der Waals surface area contributed by atoms with Gasteiger partial charge in [-0.1, -0.05) is 0 Å². The molecule has 0 radical (unpaired) electrons. The van der Waals surface area contributed by atoms with Crippen molar-refractivity contribution in [2.45, 2.75) is 0 Å². The van der Waals surface area contributed by atoms with Gasteiger partial charge in [-0.3, -0.25) is 0 Å². The molecule has 13 heteroatoms. The van der Waals surface area contributed by atoms with Gasteiger partial charge in [-0.25, -0.2) is 0 Å². The molecule has 98 valence electrons. The van der Waals surface area contributed by atoms with Crippen molar-refractivity contribution in [2.75, 3.05) is 0 Å². The Kier molecular flexibility index (Phi) is 44.0. The maximum atomic E-state index is 7.56. The molecule has 0 aromatic heterocycles. The first-order valence-electron chi connectivity index (χ1n) is 2.87. The Balaban J connectivity index is -0.0000000369. The van der Waals surface area contributed by atoms with Gasteiger partial charge in [0.25, 0.3) is 20.7 Å². The van der Waals surface area contributed by atoms with Gasteiger partial charge in [-0.2, -0.15) is 0 Å². The van der Waals surface area contributed by atoms with E-state index < -0.39 is 20.7 Å². The van der Waals surface area contributed by atoms with Crippen LogP contribution >= 0.6 is 48.9 Å². The summed E-state index contributed by atoms with van der Waals surface area (Å²) in [5, 5.41) is 28.3. The van der Waals surface area contributed by atoms with Gasteiger partial charge in [0, 0.05) is 0 Å². The molecule has 0 aliphatic carbocycles. The number of thiocarbonyl (C=S) groups is 4. The maximum absolute atomic E-state index is 7.56. The van der Waals surface area contributed by atoms with E-state index in [-0.39, 0.29) is 29.6 Å². The quantitative estimate of drug-likeness (QED) is 0.190. The van der Waals surface area contributed by atoms with Gasteiger partial charge in [-0.05, 0) is 48.9 Å². The van der Waals surface area contributed by atoms with Gasteiger partial charge >= 0.3 is 29.6 Å². The van der Waals surface area contributed by atoms with Crippen molar-refractivity contribution >= 4 is 99.1 Å². The molecule has 0 aromatic carbocycles. The summed E-state index contributed by atoms with van der Waals surface area (Å²) < 4.78 is 0. The van der Waals surface area contributed by atoms with E-state index in [9.17, 15) is 0 Å². The molecule has 0 saturated carbocycles. The molecule has 0 atom stereocenters. The van der Waals surface area contributed by atoms with Crippen molar-refractivity contribution < 1.29 is 20.4 Å². The van der Waals surface area contributed by atoms with E-state index in [1.807, 2.05) is 0 Å². The Morgan fingerprint density at radius 1 is 0.529 bits per heavy atom. The second kappa shape index (κ2) is 24.8. The molecule has 8 nitrogen and oxygen atoms in total. The fourth-order valence-corrected chi connectivity index (χ4v) is 0. The SMILES string of the molecule is NC(O)=S.NC(O)=S.NC(O)=S.NC(O)=S.[NaH]. The van der Waals surface area contributed by atoms with Crippen molar-refractivity contribution in [3.63, 3.8) is 0 Å². The Morgan fingerprint density at radius 3 is 0.529 bits per heavy atom. The number of hydrogen-bond acceptors (Lipinski definition) is 4. The monoisotopic (exact) mass is 332 g/mol. The van der Waals surface area contributed by atoms with E-state index in [2.05, 4.69) is 71.8 Å². The van der Waals surface area contributed by atoms with Crippen LogP contribution in [-0.4, -0.2) is 70.7 Å². The van der Waals surface area contributed by atoms with Crippen LogP contribution in [0.2, 0.25) is 0 Å². The van der Waals surface area contributed by atoms with Crippen LogP contribution in [0.15, 0.2) is 0 Å². The van der Waals surface area contributed by atoms with Gasteiger partial charge in [0.05, 0.1) is 0 Å². The first-order chi connectivity index (χ1) is 6.93. The molecule has 0 heterocycles. The average Bonchev–Trinajstić information content (AvgIpc) is 1.76. The number of rotatable bonds is 0. The van der Waals surface area contributed by atoms with Crippen LogP contribution in [0.3, 0.4) is 0 Å². The molecule has 12 N–H and O–H groups in total. The zero-order chi connectivity index (χ0) is 14.3. The first-order valence-corrected chi connectivity index (χ1v) is 4.50. The van der Waals surface area contributed by atoms with E-state index in [0.29, 0.717) is 0 Å². The summed E-state index contributed by atoms with van der Waals surface area (Å²) >= 11 is 15.5. The Bertz CT molecular complexity index is 178. The van der Waals surface area contributed by atoms with Gasteiger partial charge < -0.3 is 43.4 Å². The van der Waals surface area contributed by atoms with E-state index in [1.165, 1.54) is 0 Å². The summed E-state index contributed by atoms with van der Waals surface area (Å²) in [4.78, 5) is 0. The van der Waals surface area contributed by atoms with Crippen LogP contribution in [0.1, 0.15) is 0 Å². The summed E-state index contributed by atoms with van der Waals surface area (Å²) in [5.41, 5.74) is 17.6. The van der Waals surface area contributed by atoms with Gasteiger partial charge in [-0.15, -0.1) is 0 Å². The molecule has 17 heavy (non-hydrogen) atoms. The molecule has 0 rings (SSSR count). The van der Waals surface area contributed by atoms with Crippen LogP contribution in [-0.2, 0) is 0 Å². The molecule has 0 aliphatic rings. The van der Waals surface area contributed by atoms with Crippen molar-refractivity contribution in [1.29, 1.82) is 0 Å². The molecule has 0 aliphatic heterocycles. The van der Waals surface area contributed by atoms with Crippen LogP contribution in [0.4, 0.5) is 0 Å². The zero-order valence-corrected chi connectivity index (χ0v) is 11.0. The summed E-state index contributed by atoms with van der Waals surface area (Å²) in [5.74, 6) is 0. The number of aliphatic hydroxyl groups excluding tert-OH is 4. The molecule has 0 fully saturated rings. The molecule has 0 saturated heterocycles. The van der Waals surface area contributed by atoms with E-state index in [0.717, 1.165) is 0 Å². The number of aliphatic hydroxyl groups is 4. The first kappa shape index (κ1) is 30.1. The molecule has 0 unspecified atom stereocenters. The average molecular weight is 332 g/mol. The third-order valence-electron chi connectivity index (χ3n) is 0. The van der Waals surface area contributed by atoms with Crippen molar-refractivity contribution in [2.24, 2.45) is 22.9 Å².